The van der Waals surface area contributed by atoms with Gasteiger partial charge in [0.1, 0.15) is 5.75 Å². The van der Waals surface area contributed by atoms with Gasteiger partial charge in [0.2, 0.25) is 5.91 Å². The van der Waals surface area contributed by atoms with Gasteiger partial charge in [0.05, 0.1) is 12.8 Å². The second kappa shape index (κ2) is 7.26. The topological polar surface area (TPSA) is 51.2 Å². The minimum atomic E-state index is -0.0544. The Bertz CT molecular complexity index is 569. The third-order valence-electron chi connectivity index (χ3n) is 2.67. The zero-order chi connectivity index (χ0) is 14.4. The summed E-state index contributed by atoms with van der Waals surface area (Å²) >= 11 is 6.96. The van der Waals surface area contributed by atoms with Crippen LogP contribution in [0.25, 0.3) is 11.3 Å². The van der Waals surface area contributed by atoms with Crippen LogP contribution in [0.3, 0.4) is 0 Å². The number of methoxy groups -OCH3 is 1. The van der Waals surface area contributed by atoms with E-state index in [2.05, 4.69) is 10.3 Å². The third kappa shape index (κ3) is 3.95. The number of alkyl halides is 1. The second-order valence-corrected chi connectivity index (χ2v) is 5.34. The molecule has 2 rings (SSSR count). The van der Waals surface area contributed by atoms with Crippen LogP contribution in [0.4, 0.5) is 5.13 Å². The number of nitrogens with one attached hydrogen (secondary N) is 1. The standard InChI is InChI=1S/C14H15ClN2O2S/c1-19-11-6-4-10(5-7-11)12-9-20-14(16-12)17-13(18)3-2-8-15/h4-7,9H,2-3,8H2,1H3,(H,16,17,18). The van der Waals surface area contributed by atoms with E-state index in [1.54, 1.807) is 7.11 Å². The molecule has 1 aromatic heterocycles. The van der Waals surface area contributed by atoms with Gasteiger partial charge in [0.25, 0.3) is 0 Å². The Labute approximate surface area is 126 Å². The first-order valence-electron chi connectivity index (χ1n) is 6.18. The zero-order valence-corrected chi connectivity index (χ0v) is 12.6. The Hall–Kier alpha value is -1.59. The summed E-state index contributed by atoms with van der Waals surface area (Å²) in [6, 6.07) is 7.64. The van der Waals surface area contributed by atoms with Gasteiger partial charge >= 0.3 is 0 Å². The summed E-state index contributed by atoms with van der Waals surface area (Å²) in [6.07, 6.45) is 1.09. The summed E-state index contributed by atoms with van der Waals surface area (Å²) < 4.78 is 5.11. The second-order valence-electron chi connectivity index (χ2n) is 4.11. The lowest BCUT2D eigenvalue weighted by molar-refractivity contribution is -0.116. The number of carbonyl (C=O) groups is 1. The molecule has 0 unspecified atom stereocenters. The summed E-state index contributed by atoms with van der Waals surface area (Å²) in [6.45, 7) is 0. The average molecular weight is 311 g/mol. The molecule has 1 N–H and O–H groups in total. The van der Waals surface area contributed by atoms with Gasteiger partial charge in [-0.3, -0.25) is 4.79 Å². The van der Waals surface area contributed by atoms with Crippen molar-refractivity contribution in [1.82, 2.24) is 4.98 Å². The van der Waals surface area contributed by atoms with Gasteiger partial charge in [-0.25, -0.2) is 4.98 Å². The summed E-state index contributed by atoms with van der Waals surface area (Å²) in [5.74, 6) is 1.24. The average Bonchev–Trinajstić information content (AvgIpc) is 2.93. The number of hydrogen-bond acceptors (Lipinski definition) is 4. The van der Waals surface area contributed by atoms with Gasteiger partial charge in [-0.2, -0.15) is 0 Å². The number of carbonyl (C=O) groups excluding carboxylic acids is 1. The molecular weight excluding hydrogens is 296 g/mol. The molecule has 0 aliphatic heterocycles. The first-order valence-corrected chi connectivity index (χ1v) is 7.60. The highest BCUT2D eigenvalue weighted by Gasteiger charge is 2.08. The van der Waals surface area contributed by atoms with Crippen molar-refractivity contribution in [3.63, 3.8) is 0 Å². The Balaban J connectivity index is 2.02. The largest absolute Gasteiger partial charge is 0.497 e. The lowest BCUT2D eigenvalue weighted by Crippen LogP contribution is -2.10. The SMILES string of the molecule is COc1ccc(-c2csc(NC(=O)CCCCl)n2)cc1. The van der Waals surface area contributed by atoms with E-state index in [1.807, 2.05) is 29.6 Å². The first-order chi connectivity index (χ1) is 9.72. The van der Waals surface area contributed by atoms with E-state index in [0.717, 1.165) is 17.0 Å². The highest BCUT2D eigenvalue weighted by Crippen LogP contribution is 2.26. The van der Waals surface area contributed by atoms with Crippen molar-refractivity contribution < 1.29 is 9.53 Å². The maximum atomic E-state index is 11.6. The van der Waals surface area contributed by atoms with Crippen molar-refractivity contribution in [3.8, 4) is 17.0 Å². The van der Waals surface area contributed by atoms with E-state index in [9.17, 15) is 4.79 Å². The third-order valence-corrected chi connectivity index (χ3v) is 3.70. The van der Waals surface area contributed by atoms with Crippen LogP contribution in [0, 0.1) is 0 Å². The van der Waals surface area contributed by atoms with E-state index < -0.39 is 0 Å². The number of amides is 1. The molecule has 0 atom stereocenters. The lowest BCUT2D eigenvalue weighted by Gasteiger charge is -2.01. The molecule has 1 aromatic carbocycles. The number of ether oxygens (including phenoxy) is 1. The Kier molecular flexibility index (Phi) is 5.38. The predicted molar refractivity (Wildman–Crippen MR) is 82.7 cm³/mol. The van der Waals surface area contributed by atoms with Crippen LogP contribution in [0.1, 0.15) is 12.8 Å². The van der Waals surface area contributed by atoms with Crippen LogP contribution >= 0.6 is 22.9 Å². The fourth-order valence-corrected chi connectivity index (χ4v) is 2.50. The molecular formula is C14H15ClN2O2S. The molecule has 1 amide bonds. The molecule has 0 saturated heterocycles. The van der Waals surface area contributed by atoms with E-state index in [4.69, 9.17) is 16.3 Å². The zero-order valence-electron chi connectivity index (χ0n) is 11.1. The van der Waals surface area contributed by atoms with Gasteiger partial charge < -0.3 is 10.1 Å². The number of aromatic nitrogens is 1. The number of thiazole rings is 1. The predicted octanol–water partition coefficient (Wildman–Crippen LogP) is 3.78. The molecule has 20 heavy (non-hydrogen) atoms. The number of anilines is 1. The molecule has 6 heteroatoms. The molecule has 0 saturated carbocycles. The fourth-order valence-electron chi connectivity index (χ4n) is 1.63. The van der Waals surface area contributed by atoms with E-state index in [1.165, 1.54) is 11.3 Å². The monoisotopic (exact) mass is 310 g/mol. The van der Waals surface area contributed by atoms with Crippen molar-refractivity contribution in [1.29, 1.82) is 0 Å². The quantitative estimate of drug-likeness (QED) is 0.826. The molecule has 4 nitrogen and oxygen atoms in total. The minimum Gasteiger partial charge on any atom is -0.497 e. The normalized spacial score (nSPS) is 10.3. The maximum absolute atomic E-state index is 11.6. The molecule has 0 radical (unpaired) electrons. The van der Waals surface area contributed by atoms with Gasteiger partial charge in [-0.15, -0.1) is 22.9 Å². The lowest BCUT2D eigenvalue weighted by atomic mass is 10.2. The number of nitrogens with zero attached hydrogens (tertiary/aromatic N) is 1. The number of halogens is 1. The van der Waals surface area contributed by atoms with Crippen molar-refractivity contribution in [3.05, 3.63) is 29.6 Å². The van der Waals surface area contributed by atoms with Gasteiger partial charge in [-0.05, 0) is 30.7 Å². The molecule has 1 heterocycles. The van der Waals surface area contributed by atoms with Crippen molar-refractivity contribution in [2.75, 3.05) is 18.3 Å². The van der Waals surface area contributed by atoms with Crippen LogP contribution in [0.2, 0.25) is 0 Å². The van der Waals surface area contributed by atoms with Gasteiger partial charge in [0, 0.05) is 23.2 Å². The number of benzene rings is 1. The van der Waals surface area contributed by atoms with Crippen LogP contribution in [0.5, 0.6) is 5.75 Å². The summed E-state index contributed by atoms with van der Waals surface area (Å²) in [7, 11) is 1.63. The fraction of sp³-hybridized carbons (Fsp3) is 0.286. The summed E-state index contributed by atoms with van der Waals surface area (Å²) in [4.78, 5) is 16.0. The summed E-state index contributed by atoms with van der Waals surface area (Å²) in [5.41, 5.74) is 1.83. The first kappa shape index (κ1) is 14.8. The highest BCUT2D eigenvalue weighted by atomic mass is 35.5. The molecule has 0 bridgehead atoms. The summed E-state index contributed by atoms with van der Waals surface area (Å²) in [5, 5.41) is 5.30. The maximum Gasteiger partial charge on any atom is 0.226 e. The van der Waals surface area contributed by atoms with E-state index in [0.29, 0.717) is 23.9 Å². The molecule has 0 aliphatic rings. The Morgan fingerprint density at radius 2 is 2.15 bits per heavy atom. The van der Waals surface area contributed by atoms with Crippen molar-refractivity contribution in [2.45, 2.75) is 12.8 Å². The van der Waals surface area contributed by atoms with E-state index in [-0.39, 0.29) is 5.91 Å². The van der Waals surface area contributed by atoms with Crippen LogP contribution in [-0.4, -0.2) is 23.9 Å². The highest BCUT2D eigenvalue weighted by molar-refractivity contribution is 7.14. The molecule has 0 aliphatic carbocycles. The van der Waals surface area contributed by atoms with Crippen LogP contribution in [0.15, 0.2) is 29.6 Å². The van der Waals surface area contributed by atoms with Gasteiger partial charge in [-0.1, -0.05) is 0 Å². The smallest absolute Gasteiger partial charge is 0.226 e. The van der Waals surface area contributed by atoms with Crippen LogP contribution < -0.4 is 10.1 Å². The molecule has 0 spiro atoms. The minimum absolute atomic E-state index is 0.0544. The molecule has 106 valence electrons. The molecule has 0 fully saturated rings. The Morgan fingerprint density at radius 3 is 2.80 bits per heavy atom. The number of rotatable bonds is 6. The number of hydrogen-bond donors (Lipinski definition) is 1. The van der Waals surface area contributed by atoms with E-state index >= 15 is 0 Å². The molecule has 2 aromatic rings. The van der Waals surface area contributed by atoms with Crippen LogP contribution in [-0.2, 0) is 4.79 Å². The van der Waals surface area contributed by atoms with Gasteiger partial charge in [0.15, 0.2) is 5.13 Å². The van der Waals surface area contributed by atoms with Crippen molar-refractivity contribution in [2.24, 2.45) is 0 Å². The Morgan fingerprint density at radius 1 is 1.40 bits per heavy atom. The van der Waals surface area contributed by atoms with Crippen molar-refractivity contribution >= 4 is 34.0 Å².